The zero-order chi connectivity index (χ0) is 19.1. The minimum absolute atomic E-state index is 0.266. The van der Waals surface area contributed by atoms with Gasteiger partial charge in [-0.3, -0.25) is 14.8 Å². The predicted molar refractivity (Wildman–Crippen MR) is 111 cm³/mol. The van der Waals surface area contributed by atoms with Gasteiger partial charge < -0.3 is 15.1 Å². The lowest BCUT2D eigenvalue weighted by atomic mass is 9.98. The molecule has 6 nitrogen and oxygen atoms in total. The standard InChI is InChI=1S/C21H37N5O/c1-17-8-12-25(13-9-17)18(2)15-23-21(22-3)24-16-19(20-7-6-14-27-20)26-10-4-5-11-26/h6-7,14,17-19H,4-5,8-13,15-16H2,1-3H3,(H2,22,23,24). The van der Waals surface area contributed by atoms with E-state index in [2.05, 4.69) is 45.3 Å². The molecule has 2 aliphatic rings. The van der Waals surface area contributed by atoms with Gasteiger partial charge in [-0.2, -0.15) is 0 Å². The Balaban J connectivity index is 1.47. The Kier molecular flexibility index (Phi) is 7.59. The van der Waals surface area contributed by atoms with Crippen molar-refractivity contribution in [3.63, 3.8) is 0 Å². The molecule has 2 aliphatic heterocycles. The summed E-state index contributed by atoms with van der Waals surface area (Å²) in [5.74, 6) is 2.79. The molecule has 1 aromatic rings. The molecule has 0 aromatic carbocycles. The fourth-order valence-electron chi connectivity index (χ4n) is 4.20. The Morgan fingerprint density at radius 3 is 2.48 bits per heavy atom. The minimum atomic E-state index is 0.266. The molecule has 2 atom stereocenters. The highest BCUT2D eigenvalue weighted by atomic mass is 16.3. The van der Waals surface area contributed by atoms with Crippen LogP contribution in [-0.4, -0.2) is 68.1 Å². The largest absolute Gasteiger partial charge is 0.468 e. The molecule has 3 rings (SSSR count). The number of hydrogen-bond acceptors (Lipinski definition) is 4. The highest BCUT2D eigenvalue weighted by Crippen LogP contribution is 2.24. The summed E-state index contributed by atoms with van der Waals surface area (Å²) in [6, 6.07) is 4.85. The molecule has 2 unspecified atom stereocenters. The number of nitrogens with zero attached hydrogens (tertiary/aromatic N) is 3. The first-order valence-corrected chi connectivity index (χ1v) is 10.6. The zero-order valence-electron chi connectivity index (χ0n) is 17.3. The molecule has 0 aliphatic carbocycles. The maximum Gasteiger partial charge on any atom is 0.191 e. The molecule has 0 saturated carbocycles. The molecular formula is C21H37N5O. The molecular weight excluding hydrogens is 338 g/mol. The van der Waals surface area contributed by atoms with Crippen molar-refractivity contribution in [3.8, 4) is 0 Å². The van der Waals surface area contributed by atoms with Crippen molar-refractivity contribution in [2.24, 2.45) is 10.9 Å². The van der Waals surface area contributed by atoms with Crippen LogP contribution in [0.1, 0.15) is 51.3 Å². The molecule has 2 saturated heterocycles. The molecule has 0 amide bonds. The Labute approximate surface area is 164 Å². The minimum Gasteiger partial charge on any atom is -0.468 e. The van der Waals surface area contributed by atoms with Crippen molar-refractivity contribution in [2.45, 2.75) is 51.6 Å². The van der Waals surface area contributed by atoms with Crippen LogP contribution in [0, 0.1) is 5.92 Å². The van der Waals surface area contributed by atoms with Gasteiger partial charge in [-0.25, -0.2) is 0 Å². The summed E-state index contributed by atoms with van der Waals surface area (Å²) in [4.78, 5) is 9.53. The second-order valence-electron chi connectivity index (χ2n) is 8.18. The number of furan rings is 1. The molecule has 0 bridgehead atoms. The molecule has 0 spiro atoms. The smallest absolute Gasteiger partial charge is 0.191 e. The fraction of sp³-hybridized carbons (Fsp3) is 0.762. The summed E-state index contributed by atoms with van der Waals surface area (Å²) in [5, 5.41) is 7.04. The molecule has 3 heterocycles. The number of likely N-dealkylation sites (tertiary alicyclic amines) is 2. The van der Waals surface area contributed by atoms with Gasteiger partial charge >= 0.3 is 0 Å². The highest BCUT2D eigenvalue weighted by molar-refractivity contribution is 5.79. The maximum atomic E-state index is 5.71. The van der Waals surface area contributed by atoms with E-state index in [0.29, 0.717) is 6.04 Å². The topological polar surface area (TPSA) is 56.0 Å². The van der Waals surface area contributed by atoms with Gasteiger partial charge in [0.15, 0.2) is 5.96 Å². The molecule has 1 aromatic heterocycles. The Bertz CT molecular complexity index is 559. The van der Waals surface area contributed by atoms with Crippen LogP contribution >= 0.6 is 0 Å². The molecule has 27 heavy (non-hydrogen) atoms. The van der Waals surface area contributed by atoms with E-state index in [-0.39, 0.29) is 6.04 Å². The third-order valence-electron chi connectivity index (χ3n) is 6.15. The monoisotopic (exact) mass is 375 g/mol. The van der Waals surface area contributed by atoms with E-state index in [1.165, 1.54) is 38.8 Å². The number of piperidine rings is 1. The SMILES string of the molecule is CN=C(NCC(C)N1CCC(C)CC1)NCC(c1ccco1)N1CCCC1. The van der Waals surface area contributed by atoms with Crippen LogP contribution in [0.3, 0.4) is 0 Å². The van der Waals surface area contributed by atoms with Crippen molar-refractivity contribution in [3.05, 3.63) is 24.2 Å². The second-order valence-corrected chi connectivity index (χ2v) is 8.18. The third kappa shape index (κ3) is 5.72. The maximum absolute atomic E-state index is 5.71. The average molecular weight is 376 g/mol. The molecule has 0 radical (unpaired) electrons. The van der Waals surface area contributed by atoms with Crippen molar-refractivity contribution in [1.82, 2.24) is 20.4 Å². The first kappa shape index (κ1) is 20.2. The van der Waals surface area contributed by atoms with Crippen molar-refractivity contribution >= 4 is 5.96 Å². The van der Waals surface area contributed by atoms with Crippen LogP contribution in [0.25, 0.3) is 0 Å². The van der Waals surface area contributed by atoms with Crippen LogP contribution < -0.4 is 10.6 Å². The summed E-state index contributed by atoms with van der Waals surface area (Å²) in [5.41, 5.74) is 0. The summed E-state index contributed by atoms with van der Waals surface area (Å²) < 4.78 is 5.71. The van der Waals surface area contributed by atoms with Gasteiger partial charge in [0, 0.05) is 26.2 Å². The van der Waals surface area contributed by atoms with E-state index >= 15 is 0 Å². The fourth-order valence-corrected chi connectivity index (χ4v) is 4.20. The first-order chi connectivity index (χ1) is 13.2. The lowest BCUT2D eigenvalue weighted by Gasteiger charge is -2.35. The van der Waals surface area contributed by atoms with E-state index in [1.807, 2.05) is 13.1 Å². The van der Waals surface area contributed by atoms with Crippen molar-refractivity contribution in [1.29, 1.82) is 0 Å². The highest BCUT2D eigenvalue weighted by Gasteiger charge is 2.26. The van der Waals surface area contributed by atoms with Crippen LogP contribution in [0.2, 0.25) is 0 Å². The van der Waals surface area contributed by atoms with Crippen LogP contribution in [-0.2, 0) is 0 Å². The Morgan fingerprint density at radius 2 is 1.85 bits per heavy atom. The number of nitrogens with one attached hydrogen (secondary N) is 2. The van der Waals surface area contributed by atoms with Crippen LogP contribution in [0.5, 0.6) is 0 Å². The van der Waals surface area contributed by atoms with E-state index in [1.54, 1.807) is 6.26 Å². The normalized spacial score (nSPS) is 22.7. The van der Waals surface area contributed by atoms with Crippen LogP contribution in [0.4, 0.5) is 0 Å². The summed E-state index contributed by atoms with van der Waals surface area (Å²) in [7, 11) is 1.85. The molecule has 152 valence electrons. The molecule has 6 heteroatoms. The van der Waals surface area contributed by atoms with Gasteiger partial charge in [0.1, 0.15) is 5.76 Å². The van der Waals surface area contributed by atoms with Gasteiger partial charge in [-0.1, -0.05) is 6.92 Å². The summed E-state index contributed by atoms with van der Waals surface area (Å²) >= 11 is 0. The number of guanidine groups is 1. The quantitative estimate of drug-likeness (QED) is 0.567. The predicted octanol–water partition coefficient (Wildman–Crippen LogP) is 2.70. The molecule has 2 fully saturated rings. The first-order valence-electron chi connectivity index (χ1n) is 10.6. The zero-order valence-corrected chi connectivity index (χ0v) is 17.3. The van der Waals surface area contributed by atoms with Gasteiger partial charge in [0.25, 0.3) is 0 Å². The number of hydrogen-bond donors (Lipinski definition) is 2. The third-order valence-corrected chi connectivity index (χ3v) is 6.15. The van der Waals surface area contributed by atoms with Gasteiger partial charge in [0.2, 0.25) is 0 Å². The van der Waals surface area contributed by atoms with Crippen LogP contribution in [0.15, 0.2) is 27.8 Å². The second kappa shape index (κ2) is 10.1. The van der Waals surface area contributed by atoms with Crippen molar-refractivity contribution < 1.29 is 4.42 Å². The average Bonchev–Trinajstić information content (AvgIpc) is 3.39. The summed E-state index contributed by atoms with van der Waals surface area (Å²) in [6.45, 7) is 11.1. The van der Waals surface area contributed by atoms with Gasteiger partial charge in [-0.05, 0) is 76.8 Å². The Morgan fingerprint density at radius 1 is 1.15 bits per heavy atom. The Hall–Kier alpha value is -1.53. The summed E-state index contributed by atoms with van der Waals surface area (Å²) in [6.07, 6.45) is 6.95. The lowest BCUT2D eigenvalue weighted by molar-refractivity contribution is 0.147. The number of rotatable bonds is 7. The van der Waals surface area contributed by atoms with E-state index in [4.69, 9.17) is 4.42 Å². The van der Waals surface area contributed by atoms with Crippen molar-refractivity contribution in [2.75, 3.05) is 46.3 Å². The molecule has 2 N–H and O–H groups in total. The lowest BCUT2D eigenvalue weighted by Crippen LogP contribution is -2.49. The van der Waals surface area contributed by atoms with E-state index < -0.39 is 0 Å². The van der Waals surface area contributed by atoms with E-state index in [9.17, 15) is 0 Å². The van der Waals surface area contributed by atoms with Gasteiger partial charge in [-0.15, -0.1) is 0 Å². The van der Waals surface area contributed by atoms with E-state index in [0.717, 1.165) is 43.8 Å². The number of aliphatic imine (C=N–C) groups is 1. The van der Waals surface area contributed by atoms with Gasteiger partial charge in [0.05, 0.1) is 12.3 Å².